The number of hydrogen-bond donors (Lipinski definition) is 2. The van der Waals surface area contributed by atoms with Crippen LogP contribution in [-0.2, 0) is 4.79 Å². The van der Waals surface area contributed by atoms with E-state index in [0.717, 1.165) is 47.2 Å². The van der Waals surface area contributed by atoms with E-state index in [0.29, 0.717) is 12.6 Å². The molecule has 20 heavy (non-hydrogen) atoms. The summed E-state index contributed by atoms with van der Waals surface area (Å²) in [6.45, 7) is 6.28. The molecule has 0 atom stereocenters. The molecule has 110 valence electrons. The summed E-state index contributed by atoms with van der Waals surface area (Å²) in [6, 6.07) is 4.33. The molecule has 1 heterocycles. The second-order valence-corrected chi connectivity index (χ2v) is 6.49. The van der Waals surface area contributed by atoms with Gasteiger partial charge in [-0.15, -0.1) is 0 Å². The molecule has 5 heteroatoms. The maximum absolute atomic E-state index is 12.2. The van der Waals surface area contributed by atoms with E-state index in [2.05, 4.69) is 26.1 Å². The van der Waals surface area contributed by atoms with Crippen molar-refractivity contribution in [3.05, 3.63) is 27.7 Å². The highest BCUT2D eigenvalue weighted by molar-refractivity contribution is 9.10. The van der Waals surface area contributed by atoms with Crippen LogP contribution < -0.4 is 11.1 Å². The fourth-order valence-corrected chi connectivity index (χ4v) is 3.29. The quantitative estimate of drug-likeness (QED) is 0.889. The fraction of sp³-hybridized carbons (Fsp3) is 0.533. The molecule has 2 rings (SSSR count). The van der Waals surface area contributed by atoms with Crippen molar-refractivity contribution < 1.29 is 4.79 Å². The van der Waals surface area contributed by atoms with Crippen LogP contribution in [0.3, 0.4) is 0 Å². The van der Waals surface area contributed by atoms with Crippen LogP contribution in [0.2, 0.25) is 0 Å². The van der Waals surface area contributed by atoms with Gasteiger partial charge in [0.2, 0.25) is 5.91 Å². The molecule has 1 aliphatic rings. The molecular weight excluding hydrogens is 318 g/mol. The normalized spacial score (nSPS) is 17.2. The van der Waals surface area contributed by atoms with E-state index >= 15 is 0 Å². The van der Waals surface area contributed by atoms with Crippen LogP contribution in [0.15, 0.2) is 16.6 Å². The van der Waals surface area contributed by atoms with E-state index in [1.54, 1.807) is 0 Å². The first-order chi connectivity index (χ1) is 9.45. The molecular formula is C15H22BrN3O. The van der Waals surface area contributed by atoms with Gasteiger partial charge in [0, 0.05) is 29.3 Å². The van der Waals surface area contributed by atoms with Gasteiger partial charge in [-0.2, -0.15) is 0 Å². The molecule has 0 bridgehead atoms. The summed E-state index contributed by atoms with van der Waals surface area (Å²) < 4.78 is 1.04. The van der Waals surface area contributed by atoms with Crippen molar-refractivity contribution in [3.8, 4) is 0 Å². The number of aryl methyl sites for hydroxylation is 2. The average molecular weight is 340 g/mol. The molecule has 0 aliphatic carbocycles. The van der Waals surface area contributed by atoms with Crippen molar-refractivity contribution in [2.24, 2.45) is 5.73 Å². The van der Waals surface area contributed by atoms with Crippen LogP contribution >= 0.6 is 15.9 Å². The van der Waals surface area contributed by atoms with E-state index in [1.165, 1.54) is 0 Å². The van der Waals surface area contributed by atoms with Crippen LogP contribution in [0, 0.1) is 13.8 Å². The second-order valence-electron chi connectivity index (χ2n) is 5.58. The molecule has 1 aromatic rings. The Hall–Kier alpha value is -0.910. The van der Waals surface area contributed by atoms with E-state index in [4.69, 9.17) is 5.73 Å². The summed E-state index contributed by atoms with van der Waals surface area (Å²) in [4.78, 5) is 14.3. The van der Waals surface area contributed by atoms with E-state index in [9.17, 15) is 4.79 Å². The average Bonchev–Trinajstić information content (AvgIpc) is 2.36. The number of halogens is 1. The molecule has 0 radical (unpaired) electrons. The van der Waals surface area contributed by atoms with Gasteiger partial charge in [-0.3, -0.25) is 9.69 Å². The highest BCUT2D eigenvalue weighted by atomic mass is 79.9. The maximum atomic E-state index is 12.2. The Labute approximate surface area is 128 Å². The van der Waals surface area contributed by atoms with Crippen molar-refractivity contribution >= 4 is 27.5 Å². The number of nitrogens with zero attached hydrogens (tertiary/aromatic N) is 1. The maximum Gasteiger partial charge on any atom is 0.238 e. The van der Waals surface area contributed by atoms with Crippen LogP contribution in [0.5, 0.6) is 0 Å². The molecule has 1 aromatic carbocycles. The number of hydrogen-bond acceptors (Lipinski definition) is 3. The monoisotopic (exact) mass is 339 g/mol. The van der Waals surface area contributed by atoms with Crippen molar-refractivity contribution in [3.63, 3.8) is 0 Å². The molecule has 1 fully saturated rings. The second kappa shape index (κ2) is 6.70. The Morgan fingerprint density at radius 2 is 1.90 bits per heavy atom. The molecule has 1 amide bonds. The number of carbonyl (C=O) groups excluding carboxylic acids is 1. The molecule has 1 saturated heterocycles. The first-order valence-corrected chi connectivity index (χ1v) is 7.79. The number of carbonyl (C=O) groups is 1. The Bertz CT molecular complexity index is 473. The standard InChI is InChI=1S/C15H22BrN3O/c1-10-7-12(16)8-11(2)15(10)18-14(20)9-19-5-3-13(17)4-6-19/h7-8,13H,3-6,9,17H2,1-2H3,(H,18,20). The van der Waals surface area contributed by atoms with Crippen LogP contribution in [0.25, 0.3) is 0 Å². The van der Waals surface area contributed by atoms with Crippen molar-refractivity contribution in [2.75, 3.05) is 25.0 Å². The van der Waals surface area contributed by atoms with Gasteiger partial charge in [0.25, 0.3) is 0 Å². The third-order valence-corrected chi connectivity index (χ3v) is 4.22. The number of piperidine rings is 1. The Kier molecular flexibility index (Phi) is 5.18. The topological polar surface area (TPSA) is 58.4 Å². The lowest BCUT2D eigenvalue weighted by Crippen LogP contribution is -2.43. The summed E-state index contributed by atoms with van der Waals surface area (Å²) in [5.41, 5.74) is 8.95. The number of amides is 1. The Morgan fingerprint density at radius 1 is 1.35 bits per heavy atom. The van der Waals surface area contributed by atoms with E-state index in [-0.39, 0.29) is 5.91 Å². The van der Waals surface area contributed by atoms with Crippen LogP contribution in [0.1, 0.15) is 24.0 Å². The number of likely N-dealkylation sites (tertiary alicyclic amines) is 1. The zero-order chi connectivity index (χ0) is 14.7. The highest BCUT2D eigenvalue weighted by Gasteiger charge is 2.18. The van der Waals surface area contributed by atoms with Gasteiger partial charge in [-0.25, -0.2) is 0 Å². The molecule has 0 aromatic heterocycles. The minimum atomic E-state index is 0.0500. The predicted octanol–water partition coefficient (Wildman–Crippen LogP) is 2.43. The third-order valence-electron chi connectivity index (χ3n) is 3.76. The zero-order valence-corrected chi connectivity index (χ0v) is 13.7. The summed E-state index contributed by atoms with van der Waals surface area (Å²) in [5.74, 6) is 0.0500. The SMILES string of the molecule is Cc1cc(Br)cc(C)c1NC(=O)CN1CCC(N)CC1. The Morgan fingerprint density at radius 3 is 2.45 bits per heavy atom. The lowest BCUT2D eigenvalue weighted by atomic mass is 10.1. The highest BCUT2D eigenvalue weighted by Crippen LogP contribution is 2.25. The minimum Gasteiger partial charge on any atom is -0.328 e. The van der Waals surface area contributed by atoms with Gasteiger partial charge < -0.3 is 11.1 Å². The van der Waals surface area contributed by atoms with Crippen molar-refractivity contribution in [1.29, 1.82) is 0 Å². The van der Waals surface area contributed by atoms with Gasteiger partial charge in [-0.05, 0) is 49.9 Å². The minimum absolute atomic E-state index is 0.0500. The number of anilines is 1. The van der Waals surface area contributed by atoms with Crippen molar-refractivity contribution in [2.45, 2.75) is 32.7 Å². The summed E-state index contributed by atoms with van der Waals surface area (Å²) in [7, 11) is 0. The number of rotatable bonds is 3. The lowest BCUT2D eigenvalue weighted by molar-refractivity contribution is -0.117. The first kappa shape index (κ1) is 15.5. The first-order valence-electron chi connectivity index (χ1n) is 7.00. The number of benzene rings is 1. The lowest BCUT2D eigenvalue weighted by Gasteiger charge is -2.29. The van der Waals surface area contributed by atoms with Crippen molar-refractivity contribution in [1.82, 2.24) is 4.90 Å². The zero-order valence-electron chi connectivity index (χ0n) is 12.1. The summed E-state index contributed by atoms with van der Waals surface area (Å²) >= 11 is 3.47. The molecule has 1 aliphatic heterocycles. The summed E-state index contributed by atoms with van der Waals surface area (Å²) in [6.07, 6.45) is 1.95. The third kappa shape index (κ3) is 4.04. The van der Waals surface area contributed by atoms with E-state index < -0.39 is 0 Å². The smallest absolute Gasteiger partial charge is 0.238 e. The van der Waals surface area contributed by atoms with Gasteiger partial charge in [0.1, 0.15) is 0 Å². The van der Waals surface area contributed by atoms with E-state index in [1.807, 2.05) is 26.0 Å². The van der Waals surface area contributed by atoms with Crippen LogP contribution in [-0.4, -0.2) is 36.5 Å². The predicted molar refractivity (Wildman–Crippen MR) is 85.9 cm³/mol. The Balaban J connectivity index is 1.95. The molecule has 4 nitrogen and oxygen atoms in total. The molecule has 0 saturated carbocycles. The van der Waals surface area contributed by atoms with Gasteiger partial charge in [0.15, 0.2) is 0 Å². The molecule has 0 unspecified atom stereocenters. The van der Waals surface area contributed by atoms with Crippen LogP contribution in [0.4, 0.5) is 5.69 Å². The van der Waals surface area contributed by atoms with Gasteiger partial charge >= 0.3 is 0 Å². The molecule has 3 N–H and O–H groups in total. The summed E-state index contributed by atoms with van der Waals surface area (Å²) in [5, 5.41) is 3.03. The number of nitrogens with two attached hydrogens (primary N) is 1. The van der Waals surface area contributed by atoms with Gasteiger partial charge in [-0.1, -0.05) is 15.9 Å². The van der Waals surface area contributed by atoms with Gasteiger partial charge in [0.05, 0.1) is 6.54 Å². The largest absolute Gasteiger partial charge is 0.328 e. The number of nitrogens with one attached hydrogen (secondary N) is 1. The molecule has 0 spiro atoms. The fourth-order valence-electron chi connectivity index (χ4n) is 2.60.